The highest BCUT2D eigenvalue weighted by atomic mass is 16.4. The lowest BCUT2D eigenvalue weighted by molar-refractivity contribution is 0.531. The van der Waals surface area contributed by atoms with Gasteiger partial charge in [-0.2, -0.15) is 5.10 Å². The Balaban J connectivity index is 2.39. The standard InChI is InChI=1S/C10H12N6O/c1-5-4-7(16-15-5)14-9(11)8-10(12-3)17-6(2)13-8/h4H,3H2,1-2H3,(H3,11,14,15,16). The topological polar surface area (TPSA) is 105 Å². The van der Waals surface area contributed by atoms with Crippen molar-refractivity contribution >= 4 is 24.3 Å². The van der Waals surface area contributed by atoms with Gasteiger partial charge in [-0.1, -0.05) is 0 Å². The Morgan fingerprint density at radius 3 is 2.88 bits per heavy atom. The number of aryl methyl sites for hydroxylation is 2. The maximum atomic E-state index is 5.81. The predicted octanol–water partition coefficient (Wildman–Crippen LogP) is 1.38. The third kappa shape index (κ3) is 2.22. The molecule has 0 amide bonds. The lowest BCUT2D eigenvalue weighted by Gasteiger charge is -1.94. The number of aromatic nitrogens is 3. The Kier molecular flexibility index (Phi) is 2.73. The first-order valence-electron chi connectivity index (χ1n) is 4.91. The van der Waals surface area contributed by atoms with Gasteiger partial charge in [0.25, 0.3) is 0 Å². The van der Waals surface area contributed by atoms with E-state index >= 15 is 0 Å². The number of aromatic amines is 1. The summed E-state index contributed by atoms with van der Waals surface area (Å²) in [6.07, 6.45) is 0. The van der Waals surface area contributed by atoms with E-state index in [0.29, 0.717) is 17.4 Å². The van der Waals surface area contributed by atoms with Crippen LogP contribution in [0.2, 0.25) is 0 Å². The van der Waals surface area contributed by atoms with Crippen LogP contribution < -0.4 is 5.73 Å². The van der Waals surface area contributed by atoms with Gasteiger partial charge >= 0.3 is 0 Å². The Hall–Kier alpha value is -2.44. The first-order valence-corrected chi connectivity index (χ1v) is 4.91. The lowest BCUT2D eigenvalue weighted by Crippen LogP contribution is -2.13. The van der Waals surface area contributed by atoms with Crippen molar-refractivity contribution in [3.05, 3.63) is 23.3 Å². The van der Waals surface area contributed by atoms with Gasteiger partial charge < -0.3 is 10.2 Å². The van der Waals surface area contributed by atoms with Crippen LogP contribution >= 0.6 is 0 Å². The van der Waals surface area contributed by atoms with Gasteiger partial charge in [0, 0.05) is 18.7 Å². The maximum absolute atomic E-state index is 5.81. The van der Waals surface area contributed by atoms with E-state index in [1.165, 1.54) is 0 Å². The van der Waals surface area contributed by atoms with Crippen molar-refractivity contribution in [2.75, 3.05) is 0 Å². The minimum atomic E-state index is 0.191. The van der Waals surface area contributed by atoms with Crippen molar-refractivity contribution in [3.63, 3.8) is 0 Å². The molecule has 88 valence electrons. The van der Waals surface area contributed by atoms with Gasteiger partial charge in [-0.15, -0.1) is 0 Å². The fraction of sp³-hybridized carbons (Fsp3) is 0.200. The second-order valence-electron chi connectivity index (χ2n) is 3.45. The van der Waals surface area contributed by atoms with E-state index < -0.39 is 0 Å². The molecule has 0 saturated carbocycles. The molecule has 0 unspecified atom stereocenters. The number of amidine groups is 1. The van der Waals surface area contributed by atoms with E-state index in [4.69, 9.17) is 10.2 Å². The monoisotopic (exact) mass is 232 g/mol. The number of nitrogens with one attached hydrogen (secondary N) is 1. The molecule has 17 heavy (non-hydrogen) atoms. The number of H-pyrrole nitrogens is 1. The van der Waals surface area contributed by atoms with E-state index in [9.17, 15) is 0 Å². The summed E-state index contributed by atoms with van der Waals surface area (Å²) < 4.78 is 5.20. The molecule has 0 radical (unpaired) electrons. The third-order valence-electron chi connectivity index (χ3n) is 2.03. The molecule has 2 aromatic rings. The van der Waals surface area contributed by atoms with Gasteiger partial charge in [-0.25, -0.2) is 15.0 Å². The minimum absolute atomic E-state index is 0.191. The van der Waals surface area contributed by atoms with Crippen molar-refractivity contribution in [2.24, 2.45) is 15.7 Å². The van der Waals surface area contributed by atoms with Gasteiger partial charge in [0.05, 0.1) is 0 Å². The van der Waals surface area contributed by atoms with Crippen LogP contribution in [0.5, 0.6) is 0 Å². The number of nitrogens with two attached hydrogens (primary N) is 1. The Labute approximate surface area is 97.5 Å². The number of hydrogen-bond acceptors (Lipinski definition) is 5. The summed E-state index contributed by atoms with van der Waals surface area (Å²) in [6, 6.07) is 1.76. The normalized spacial score (nSPS) is 11.8. The zero-order valence-corrected chi connectivity index (χ0v) is 9.56. The molecule has 0 aliphatic carbocycles. The van der Waals surface area contributed by atoms with Crippen molar-refractivity contribution in [2.45, 2.75) is 13.8 Å². The smallest absolute Gasteiger partial charge is 0.250 e. The molecular formula is C10H12N6O. The highest BCUT2D eigenvalue weighted by Gasteiger charge is 2.13. The quantitative estimate of drug-likeness (QED) is 0.615. The molecule has 0 spiro atoms. The zero-order chi connectivity index (χ0) is 12.4. The average Bonchev–Trinajstić information content (AvgIpc) is 2.84. The summed E-state index contributed by atoms with van der Waals surface area (Å²) in [7, 11) is 0. The molecule has 0 aliphatic heterocycles. The molecule has 2 heterocycles. The van der Waals surface area contributed by atoms with E-state index in [0.717, 1.165) is 5.69 Å². The van der Waals surface area contributed by atoms with Crippen LogP contribution in [0.15, 0.2) is 20.5 Å². The summed E-state index contributed by atoms with van der Waals surface area (Å²) in [5.74, 6) is 1.39. The summed E-state index contributed by atoms with van der Waals surface area (Å²) in [4.78, 5) is 11.9. The number of hydrogen-bond donors (Lipinski definition) is 2. The molecule has 0 aliphatic rings. The Morgan fingerprint density at radius 1 is 1.53 bits per heavy atom. The largest absolute Gasteiger partial charge is 0.422 e. The Bertz CT molecular complexity index is 579. The maximum Gasteiger partial charge on any atom is 0.250 e. The molecule has 7 heteroatoms. The molecule has 7 nitrogen and oxygen atoms in total. The van der Waals surface area contributed by atoms with Crippen LogP contribution in [-0.2, 0) is 0 Å². The molecule has 0 atom stereocenters. The predicted molar refractivity (Wildman–Crippen MR) is 64.2 cm³/mol. The minimum Gasteiger partial charge on any atom is -0.422 e. The molecule has 2 rings (SSSR count). The molecule has 0 fully saturated rings. The molecule has 3 N–H and O–H groups in total. The third-order valence-corrected chi connectivity index (χ3v) is 2.03. The molecule has 0 aromatic carbocycles. The number of rotatable bonds is 3. The van der Waals surface area contributed by atoms with Crippen molar-refractivity contribution in [3.8, 4) is 0 Å². The van der Waals surface area contributed by atoms with Crippen molar-refractivity contribution in [1.82, 2.24) is 15.2 Å². The van der Waals surface area contributed by atoms with Crippen LogP contribution in [0, 0.1) is 13.8 Å². The van der Waals surface area contributed by atoms with Gasteiger partial charge in [0.15, 0.2) is 23.2 Å². The molecule has 0 saturated heterocycles. The fourth-order valence-corrected chi connectivity index (χ4v) is 1.33. The highest BCUT2D eigenvalue weighted by molar-refractivity contribution is 6.00. The molecular weight excluding hydrogens is 220 g/mol. The highest BCUT2D eigenvalue weighted by Crippen LogP contribution is 2.20. The summed E-state index contributed by atoms with van der Waals surface area (Å²) in [5, 5.41) is 6.71. The lowest BCUT2D eigenvalue weighted by atomic mass is 10.4. The van der Waals surface area contributed by atoms with Gasteiger partial charge in [0.1, 0.15) is 0 Å². The number of nitrogens with zero attached hydrogens (tertiary/aromatic N) is 4. The molecule has 0 bridgehead atoms. The van der Waals surface area contributed by atoms with Gasteiger partial charge in [-0.3, -0.25) is 5.10 Å². The van der Waals surface area contributed by atoms with Crippen molar-refractivity contribution in [1.29, 1.82) is 0 Å². The van der Waals surface area contributed by atoms with E-state index in [-0.39, 0.29) is 11.7 Å². The van der Waals surface area contributed by atoms with E-state index in [1.807, 2.05) is 6.92 Å². The first kappa shape index (κ1) is 11.1. The number of aliphatic imine (C=N–C) groups is 2. The van der Waals surface area contributed by atoms with E-state index in [1.54, 1.807) is 13.0 Å². The fourth-order valence-electron chi connectivity index (χ4n) is 1.33. The molecule has 2 aromatic heterocycles. The number of oxazole rings is 1. The zero-order valence-electron chi connectivity index (χ0n) is 9.56. The van der Waals surface area contributed by atoms with E-state index in [2.05, 4.69) is 31.9 Å². The summed E-state index contributed by atoms with van der Waals surface area (Å²) >= 11 is 0. The van der Waals surface area contributed by atoms with Crippen LogP contribution in [0.25, 0.3) is 0 Å². The first-order chi connectivity index (χ1) is 8.10. The van der Waals surface area contributed by atoms with Gasteiger partial charge in [0.2, 0.25) is 5.88 Å². The SMILES string of the molecule is C=Nc1oc(C)nc1C(N)=Nc1cc(C)[nH]n1. The van der Waals surface area contributed by atoms with Crippen LogP contribution in [-0.4, -0.2) is 27.7 Å². The van der Waals surface area contributed by atoms with Crippen LogP contribution in [0.4, 0.5) is 11.7 Å². The second kappa shape index (κ2) is 4.20. The van der Waals surface area contributed by atoms with Gasteiger partial charge in [-0.05, 0) is 13.6 Å². The Morgan fingerprint density at radius 2 is 2.29 bits per heavy atom. The van der Waals surface area contributed by atoms with Crippen molar-refractivity contribution < 1.29 is 4.42 Å². The van der Waals surface area contributed by atoms with Crippen LogP contribution in [0.1, 0.15) is 17.3 Å². The average molecular weight is 232 g/mol. The summed E-state index contributed by atoms with van der Waals surface area (Å²) in [6.45, 7) is 6.96. The van der Waals surface area contributed by atoms with Crippen LogP contribution in [0.3, 0.4) is 0 Å². The summed E-state index contributed by atoms with van der Waals surface area (Å²) in [5.41, 5.74) is 7.08. The second-order valence-corrected chi connectivity index (χ2v) is 3.45.